The lowest BCUT2D eigenvalue weighted by atomic mass is 10.1. The van der Waals surface area contributed by atoms with Crippen LogP contribution in [0.2, 0.25) is 0 Å². The van der Waals surface area contributed by atoms with Crippen molar-refractivity contribution in [2.45, 2.75) is 31.2 Å². The SMILES string of the molecule is CN1CCN(C2(C(=O)Nc3cc(C(=O)Cc4nnc(-c5cccnc5)s4)ccc3OC(F)(F)F)CC2)CC1. The predicted octanol–water partition coefficient (Wildman–Crippen LogP) is 3.64. The largest absolute Gasteiger partial charge is 0.573 e. The van der Waals surface area contributed by atoms with Gasteiger partial charge >= 0.3 is 6.36 Å². The maximum Gasteiger partial charge on any atom is 0.573 e. The molecule has 1 aliphatic carbocycles. The van der Waals surface area contributed by atoms with Crippen molar-refractivity contribution >= 4 is 28.7 Å². The molecule has 1 saturated carbocycles. The molecule has 9 nitrogen and oxygen atoms in total. The smallest absolute Gasteiger partial charge is 0.404 e. The van der Waals surface area contributed by atoms with Crippen molar-refractivity contribution in [1.82, 2.24) is 25.0 Å². The lowest BCUT2D eigenvalue weighted by Crippen LogP contribution is -2.54. The van der Waals surface area contributed by atoms with Crippen LogP contribution in [0, 0.1) is 0 Å². The fraction of sp³-hybridized carbons (Fsp3) is 0.400. The van der Waals surface area contributed by atoms with Crippen LogP contribution in [-0.4, -0.2) is 81.8 Å². The third-order valence-electron chi connectivity index (χ3n) is 6.72. The Labute approximate surface area is 220 Å². The molecule has 2 aromatic heterocycles. The number of hydrogen-bond donors (Lipinski definition) is 1. The van der Waals surface area contributed by atoms with Crippen molar-refractivity contribution in [3.63, 3.8) is 0 Å². The van der Waals surface area contributed by atoms with Crippen molar-refractivity contribution in [2.24, 2.45) is 0 Å². The number of nitrogens with one attached hydrogen (secondary N) is 1. The molecule has 200 valence electrons. The number of hydrogen-bond acceptors (Lipinski definition) is 9. The summed E-state index contributed by atoms with van der Waals surface area (Å²) in [6, 6.07) is 7.10. The molecule has 0 unspecified atom stereocenters. The highest BCUT2D eigenvalue weighted by Crippen LogP contribution is 2.44. The Morgan fingerprint density at radius 1 is 1.13 bits per heavy atom. The maximum absolute atomic E-state index is 13.3. The van der Waals surface area contributed by atoms with Gasteiger partial charge in [0.1, 0.15) is 15.6 Å². The number of aromatic nitrogens is 3. The first-order chi connectivity index (χ1) is 18.1. The summed E-state index contributed by atoms with van der Waals surface area (Å²) in [4.78, 5) is 34.6. The van der Waals surface area contributed by atoms with Crippen molar-refractivity contribution in [1.29, 1.82) is 0 Å². The first-order valence-electron chi connectivity index (χ1n) is 12.0. The molecule has 1 aliphatic heterocycles. The number of Topliss-reactive ketones (excluding diaryl/α,β-unsaturated/α-hetero) is 1. The highest BCUT2D eigenvalue weighted by atomic mass is 32.1. The number of piperazine rings is 1. The Kier molecular flexibility index (Phi) is 7.16. The normalized spacial score (nSPS) is 17.7. The van der Waals surface area contributed by atoms with Crippen LogP contribution < -0.4 is 10.1 Å². The standard InChI is InChI=1S/C25H25F3N6O3S/c1-33-9-11-34(12-10-33)24(6-7-24)23(36)30-18-13-16(4-5-20(18)37-25(26,27)28)19(35)14-21-31-32-22(38-21)17-3-2-8-29-15-17/h2-5,8,13,15H,6-7,9-12,14H2,1H3,(H,30,36). The fourth-order valence-corrected chi connectivity index (χ4v) is 5.29. The van der Waals surface area contributed by atoms with E-state index in [1.807, 2.05) is 13.1 Å². The third-order valence-corrected chi connectivity index (χ3v) is 7.69. The minimum absolute atomic E-state index is 0.101. The van der Waals surface area contributed by atoms with Gasteiger partial charge in [0.25, 0.3) is 0 Å². The number of ether oxygens (including phenoxy) is 1. The first-order valence-corrected chi connectivity index (χ1v) is 12.9. The number of alkyl halides is 3. The highest BCUT2D eigenvalue weighted by molar-refractivity contribution is 7.14. The Morgan fingerprint density at radius 2 is 1.89 bits per heavy atom. The average molecular weight is 547 g/mol. The molecular weight excluding hydrogens is 521 g/mol. The summed E-state index contributed by atoms with van der Waals surface area (Å²) in [6.07, 6.45) is -0.562. The molecule has 3 heterocycles. The van der Waals surface area contributed by atoms with Crippen molar-refractivity contribution in [2.75, 3.05) is 38.5 Å². The first kappa shape index (κ1) is 26.2. The number of amides is 1. The monoisotopic (exact) mass is 546 g/mol. The second kappa shape index (κ2) is 10.4. The molecule has 2 aliphatic rings. The Hall–Kier alpha value is -3.42. The van der Waals surface area contributed by atoms with E-state index in [0.717, 1.165) is 24.7 Å². The van der Waals surface area contributed by atoms with Gasteiger partial charge in [-0.15, -0.1) is 23.4 Å². The predicted molar refractivity (Wildman–Crippen MR) is 134 cm³/mol. The number of nitrogens with zero attached hydrogens (tertiary/aromatic N) is 5. The van der Waals surface area contributed by atoms with E-state index >= 15 is 0 Å². The molecule has 0 atom stereocenters. The zero-order valence-corrected chi connectivity index (χ0v) is 21.3. The van der Waals surface area contributed by atoms with Gasteiger partial charge in [0.15, 0.2) is 11.5 Å². The van der Waals surface area contributed by atoms with Crippen LogP contribution >= 0.6 is 11.3 Å². The van der Waals surface area contributed by atoms with Gasteiger partial charge in [0.05, 0.1) is 12.1 Å². The molecular formula is C25H25F3N6O3S. The molecule has 1 saturated heterocycles. The molecule has 2 fully saturated rings. The summed E-state index contributed by atoms with van der Waals surface area (Å²) in [5, 5.41) is 11.8. The lowest BCUT2D eigenvalue weighted by Gasteiger charge is -2.37. The van der Waals surface area contributed by atoms with Gasteiger partial charge in [0.2, 0.25) is 5.91 Å². The van der Waals surface area contributed by atoms with Crippen LogP contribution in [-0.2, 0) is 11.2 Å². The molecule has 0 spiro atoms. The van der Waals surface area contributed by atoms with Crippen LogP contribution in [0.1, 0.15) is 28.2 Å². The second-order valence-corrected chi connectivity index (χ2v) is 10.4. The summed E-state index contributed by atoms with van der Waals surface area (Å²) in [5.74, 6) is -1.36. The third kappa shape index (κ3) is 5.84. The number of rotatable bonds is 8. The summed E-state index contributed by atoms with van der Waals surface area (Å²) >= 11 is 1.23. The van der Waals surface area contributed by atoms with E-state index in [0.29, 0.717) is 35.9 Å². The Bertz CT molecular complexity index is 1320. The number of halogens is 3. The zero-order valence-electron chi connectivity index (χ0n) is 20.5. The molecule has 0 radical (unpaired) electrons. The number of carbonyl (C=O) groups excluding carboxylic acids is 2. The number of pyridine rings is 1. The summed E-state index contributed by atoms with van der Waals surface area (Å²) in [6.45, 7) is 2.99. The van der Waals surface area contributed by atoms with E-state index in [1.54, 1.807) is 18.5 Å². The van der Waals surface area contributed by atoms with E-state index in [2.05, 4.69) is 35.0 Å². The van der Waals surface area contributed by atoms with Crippen LogP contribution in [0.15, 0.2) is 42.7 Å². The lowest BCUT2D eigenvalue weighted by molar-refractivity contribution is -0.274. The van der Waals surface area contributed by atoms with Crippen molar-refractivity contribution in [3.05, 3.63) is 53.3 Å². The van der Waals surface area contributed by atoms with Gasteiger partial charge < -0.3 is 15.0 Å². The fourth-order valence-electron chi connectivity index (χ4n) is 4.46. The van der Waals surface area contributed by atoms with E-state index in [9.17, 15) is 22.8 Å². The van der Waals surface area contributed by atoms with E-state index in [-0.39, 0.29) is 23.5 Å². The summed E-state index contributed by atoms with van der Waals surface area (Å²) < 4.78 is 43.4. The van der Waals surface area contributed by atoms with Gasteiger partial charge in [-0.3, -0.25) is 19.5 Å². The highest BCUT2D eigenvalue weighted by Gasteiger charge is 2.55. The maximum atomic E-state index is 13.3. The zero-order chi connectivity index (χ0) is 26.9. The van der Waals surface area contributed by atoms with E-state index in [4.69, 9.17) is 0 Å². The Balaban J connectivity index is 1.34. The van der Waals surface area contributed by atoms with E-state index < -0.39 is 23.6 Å². The average Bonchev–Trinajstić information content (AvgIpc) is 3.57. The number of carbonyl (C=O) groups is 2. The Morgan fingerprint density at radius 3 is 2.55 bits per heavy atom. The summed E-state index contributed by atoms with van der Waals surface area (Å²) in [5.41, 5.74) is -0.0764. The minimum atomic E-state index is -4.96. The molecule has 1 aromatic carbocycles. The van der Waals surface area contributed by atoms with Crippen LogP contribution in [0.25, 0.3) is 10.6 Å². The number of ketones is 1. The summed E-state index contributed by atoms with van der Waals surface area (Å²) in [7, 11) is 2.00. The topological polar surface area (TPSA) is 101 Å². The molecule has 3 aromatic rings. The van der Waals surface area contributed by atoms with Crippen molar-refractivity contribution in [3.8, 4) is 16.3 Å². The van der Waals surface area contributed by atoms with Gasteiger partial charge in [-0.1, -0.05) is 11.3 Å². The van der Waals surface area contributed by atoms with Crippen LogP contribution in [0.3, 0.4) is 0 Å². The van der Waals surface area contributed by atoms with Gasteiger partial charge in [0, 0.05) is 49.7 Å². The number of anilines is 1. The number of likely N-dealkylation sites (N-methyl/N-ethyl adjacent to an activating group) is 1. The minimum Gasteiger partial charge on any atom is -0.404 e. The van der Waals surface area contributed by atoms with Gasteiger partial charge in [-0.05, 0) is 50.2 Å². The molecule has 1 amide bonds. The van der Waals surface area contributed by atoms with E-state index in [1.165, 1.54) is 23.5 Å². The number of benzene rings is 1. The van der Waals surface area contributed by atoms with Crippen molar-refractivity contribution < 1.29 is 27.5 Å². The molecule has 0 bridgehead atoms. The molecule has 13 heteroatoms. The van der Waals surface area contributed by atoms with Gasteiger partial charge in [-0.2, -0.15) is 0 Å². The van der Waals surface area contributed by atoms with Crippen LogP contribution in [0.4, 0.5) is 18.9 Å². The molecule has 38 heavy (non-hydrogen) atoms. The van der Waals surface area contributed by atoms with Gasteiger partial charge in [-0.25, -0.2) is 0 Å². The molecule has 5 rings (SSSR count). The second-order valence-electron chi connectivity index (χ2n) is 9.38. The molecule has 1 N–H and O–H groups in total. The van der Waals surface area contributed by atoms with Crippen LogP contribution in [0.5, 0.6) is 5.75 Å². The quantitative estimate of drug-likeness (QED) is 0.428.